The first-order valence-corrected chi connectivity index (χ1v) is 9.10. The first-order valence-electron chi connectivity index (χ1n) is 9.10. The van der Waals surface area contributed by atoms with Crippen LogP contribution < -0.4 is 0 Å². The van der Waals surface area contributed by atoms with E-state index in [-0.39, 0.29) is 5.91 Å². The van der Waals surface area contributed by atoms with Crippen molar-refractivity contribution >= 4 is 11.6 Å². The molecule has 1 fully saturated rings. The summed E-state index contributed by atoms with van der Waals surface area (Å²) in [6.07, 6.45) is 5.57. The van der Waals surface area contributed by atoms with Crippen LogP contribution >= 0.6 is 0 Å². The van der Waals surface area contributed by atoms with Gasteiger partial charge in [-0.05, 0) is 45.2 Å². The van der Waals surface area contributed by atoms with Crippen molar-refractivity contribution in [2.45, 2.75) is 46.1 Å². The number of hydrogen-bond acceptors (Lipinski definition) is 4. The number of nitrogens with zero attached hydrogens (tertiary/aromatic N) is 6. The van der Waals surface area contributed by atoms with Gasteiger partial charge >= 0.3 is 0 Å². The summed E-state index contributed by atoms with van der Waals surface area (Å²) in [5.74, 6) is 0.530. The van der Waals surface area contributed by atoms with Crippen molar-refractivity contribution in [2.24, 2.45) is 0 Å². The third-order valence-electron chi connectivity index (χ3n) is 5.07. The van der Waals surface area contributed by atoms with Crippen molar-refractivity contribution in [1.82, 2.24) is 29.3 Å². The van der Waals surface area contributed by atoms with E-state index in [0.29, 0.717) is 12.5 Å². The zero-order valence-corrected chi connectivity index (χ0v) is 15.5. The molecule has 1 amide bonds. The van der Waals surface area contributed by atoms with E-state index in [0.717, 1.165) is 54.2 Å². The Balaban J connectivity index is 1.42. The molecule has 0 unspecified atom stereocenters. The highest BCUT2D eigenvalue weighted by molar-refractivity contribution is 5.76. The van der Waals surface area contributed by atoms with Crippen molar-refractivity contribution in [3.05, 3.63) is 47.2 Å². The minimum Gasteiger partial charge on any atom is -0.341 e. The number of carbonyl (C=O) groups is 1. The van der Waals surface area contributed by atoms with Gasteiger partial charge in [0, 0.05) is 42.7 Å². The zero-order valence-electron chi connectivity index (χ0n) is 15.5. The Kier molecular flexibility index (Phi) is 4.22. The molecule has 7 heteroatoms. The minimum absolute atomic E-state index is 0.137. The van der Waals surface area contributed by atoms with Gasteiger partial charge in [0.1, 0.15) is 6.54 Å². The van der Waals surface area contributed by atoms with E-state index in [9.17, 15) is 4.79 Å². The predicted molar refractivity (Wildman–Crippen MR) is 98.0 cm³/mol. The lowest BCUT2D eigenvalue weighted by Crippen LogP contribution is -2.40. The van der Waals surface area contributed by atoms with E-state index >= 15 is 0 Å². The van der Waals surface area contributed by atoms with Gasteiger partial charge in [-0.1, -0.05) is 0 Å². The molecule has 0 saturated carbocycles. The van der Waals surface area contributed by atoms with Crippen LogP contribution in [-0.2, 0) is 11.3 Å². The van der Waals surface area contributed by atoms with Gasteiger partial charge in [0.15, 0.2) is 5.65 Å². The van der Waals surface area contributed by atoms with Crippen molar-refractivity contribution in [1.29, 1.82) is 0 Å². The molecule has 0 radical (unpaired) electrons. The van der Waals surface area contributed by atoms with Crippen LogP contribution in [0, 0.1) is 20.8 Å². The fourth-order valence-corrected chi connectivity index (χ4v) is 3.69. The van der Waals surface area contributed by atoms with Crippen LogP contribution in [0.3, 0.4) is 0 Å². The Morgan fingerprint density at radius 1 is 1.19 bits per heavy atom. The quantitative estimate of drug-likeness (QED) is 0.725. The number of piperidine rings is 1. The normalized spacial score (nSPS) is 15.7. The molecule has 0 spiro atoms. The van der Waals surface area contributed by atoms with Crippen LogP contribution in [0.4, 0.5) is 0 Å². The summed E-state index contributed by atoms with van der Waals surface area (Å²) in [5, 5.41) is 8.67. The molecule has 1 saturated heterocycles. The molecule has 0 atom stereocenters. The second-order valence-corrected chi connectivity index (χ2v) is 7.25. The van der Waals surface area contributed by atoms with Crippen molar-refractivity contribution in [3.63, 3.8) is 0 Å². The van der Waals surface area contributed by atoms with Crippen LogP contribution in [0.1, 0.15) is 41.4 Å². The summed E-state index contributed by atoms with van der Waals surface area (Å²) < 4.78 is 3.61. The second kappa shape index (κ2) is 6.55. The SMILES string of the molecule is Cc1cnn(CC(=O)N2CCC(c3cc(C)n4nc(C)cc4n3)CC2)c1. The Morgan fingerprint density at radius 2 is 1.96 bits per heavy atom. The Labute approximate surface area is 152 Å². The van der Waals surface area contributed by atoms with E-state index in [1.54, 1.807) is 10.9 Å². The molecule has 136 valence electrons. The van der Waals surface area contributed by atoms with Crippen molar-refractivity contribution < 1.29 is 4.79 Å². The molecule has 0 aromatic carbocycles. The highest BCUT2D eigenvalue weighted by Gasteiger charge is 2.25. The van der Waals surface area contributed by atoms with E-state index in [2.05, 4.69) is 23.2 Å². The smallest absolute Gasteiger partial charge is 0.244 e. The van der Waals surface area contributed by atoms with Crippen LogP contribution in [0.2, 0.25) is 0 Å². The lowest BCUT2D eigenvalue weighted by atomic mass is 9.93. The summed E-state index contributed by atoms with van der Waals surface area (Å²) in [4.78, 5) is 19.2. The van der Waals surface area contributed by atoms with Crippen LogP contribution in [-0.4, -0.2) is 48.3 Å². The van der Waals surface area contributed by atoms with Gasteiger partial charge < -0.3 is 4.90 Å². The third kappa shape index (κ3) is 3.21. The molecule has 1 aliphatic heterocycles. The van der Waals surface area contributed by atoms with Gasteiger partial charge in [0.05, 0.1) is 11.9 Å². The Hall–Kier alpha value is -2.70. The number of fused-ring (bicyclic) bond motifs is 1. The standard InChI is InChI=1S/C19H24N6O/c1-13-10-20-24(11-13)12-19(26)23-6-4-16(5-7-23)17-9-15(3)25-18(21-17)8-14(2)22-25/h8-11,16H,4-7,12H2,1-3H3. The highest BCUT2D eigenvalue weighted by atomic mass is 16.2. The monoisotopic (exact) mass is 352 g/mol. The highest BCUT2D eigenvalue weighted by Crippen LogP contribution is 2.28. The maximum absolute atomic E-state index is 12.5. The molecule has 3 aromatic heterocycles. The molecule has 0 bridgehead atoms. The fraction of sp³-hybridized carbons (Fsp3) is 0.474. The van der Waals surface area contributed by atoms with Crippen molar-refractivity contribution in [3.8, 4) is 0 Å². The number of hydrogen-bond donors (Lipinski definition) is 0. The number of carbonyl (C=O) groups excluding carboxylic acids is 1. The molecular weight excluding hydrogens is 328 g/mol. The van der Waals surface area contributed by atoms with Crippen molar-refractivity contribution in [2.75, 3.05) is 13.1 Å². The van der Waals surface area contributed by atoms with Gasteiger partial charge in [-0.15, -0.1) is 0 Å². The molecule has 1 aliphatic rings. The number of likely N-dealkylation sites (tertiary alicyclic amines) is 1. The molecule has 3 aromatic rings. The van der Waals surface area contributed by atoms with Gasteiger partial charge in [-0.25, -0.2) is 9.50 Å². The van der Waals surface area contributed by atoms with Gasteiger partial charge in [-0.3, -0.25) is 9.48 Å². The number of amides is 1. The Morgan fingerprint density at radius 3 is 2.65 bits per heavy atom. The van der Waals surface area contributed by atoms with Gasteiger partial charge in [-0.2, -0.15) is 10.2 Å². The largest absolute Gasteiger partial charge is 0.341 e. The second-order valence-electron chi connectivity index (χ2n) is 7.25. The predicted octanol–water partition coefficient (Wildman–Crippen LogP) is 2.26. The first-order chi connectivity index (χ1) is 12.5. The summed E-state index contributed by atoms with van der Waals surface area (Å²) in [5.41, 5.74) is 5.18. The fourth-order valence-electron chi connectivity index (χ4n) is 3.69. The van der Waals surface area contributed by atoms with E-state index in [4.69, 9.17) is 4.98 Å². The van der Waals surface area contributed by atoms with E-state index in [1.807, 2.05) is 35.5 Å². The summed E-state index contributed by atoms with van der Waals surface area (Å²) in [6, 6.07) is 4.15. The molecule has 0 N–H and O–H groups in total. The average Bonchev–Trinajstić information content (AvgIpc) is 3.20. The third-order valence-corrected chi connectivity index (χ3v) is 5.07. The van der Waals surface area contributed by atoms with Crippen LogP contribution in [0.5, 0.6) is 0 Å². The van der Waals surface area contributed by atoms with E-state index < -0.39 is 0 Å². The Bertz CT molecular complexity index is 948. The molecule has 7 nitrogen and oxygen atoms in total. The van der Waals surface area contributed by atoms with Gasteiger partial charge in [0.25, 0.3) is 0 Å². The number of rotatable bonds is 3. The van der Waals surface area contributed by atoms with Crippen LogP contribution in [0.25, 0.3) is 5.65 Å². The topological polar surface area (TPSA) is 68.3 Å². The summed E-state index contributed by atoms with van der Waals surface area (Å²) in [7, 11) is 0. The number of aryl methyl sites for hydroxylation is 3. The summed E-state index contributed by atoms with van der Waals surface area (Å²) in [6.45, 7) is 7.89. The molecule has 4 rings (SSSR count). The first kappa shape index (κ1) is 16.8. The minimum atomic E-state index is 0.137. The molecule has 4 heterocycles. The van der Waals surface area contributed by atoms with Gasteiger partial charge in [0.2, 0.25) is 5.91 Å². The average molecular weight is 352 g/mol. The maximum atomic E-state index is 12.5. The molecular formula is C19H24N6O. The lowest BCUT2D eigenvalue weighted by molar-refractivity contribution is -0.133. The summed E-state index contributed by atoms with van der Waals surface area (Å²) >= 11 is 0. The zero-order chi connectivity index (χ0) is 18.3. The van der Waals surface area contributed by atoms with Crippen LogP contribution in [0.15, 0.2) is 24.5 Å². The number of aromatic nitrogens is 5. The molecule has 26 heavy (non-hydrogen) atoms. The molecule has 0 aliphatic carbocycles. The van der Waals surface area contributed by atoms with E-state index in [1.165, 1.54) is 0 Å². The maximum Gasteiger partial charge on any atom is 0.244 e. The lowest BCUT2D eigenvalue weighted by Gasteiger charge is -2.32.